The van der Waals surface area contributed by atoms with Crippen LogP contribution in [-0.4, -0.2) is 70.9 Å². The summed E-state index contributed by atoms with van der Waals surface area (Å²) in [7, 11) is 1.82. The van der Waals surface area contributed by atoms with Crippen LogP contribution in [0.5, 0.6) is 0 Å². The smallest absolute Gasteiger partial charge is 0.251 e. The highest BCUT2D eigenvalue weighted by atomic mass is 16.2. The number of anilines is 1. The number of carbonyl (C=O) groups excluding carboxylic acids is 3. The summed E-state index contributed by atoms with van der Waals surface area (Å²) in [6.45, 7) is 3.40. The van der Waals surface area contributed by atoms with Crippen LogP contribution in [-0.2, 0) is 9.59 Å². The molecule has 3 fully saturated rings. The van der Waals surface area contributed by atoms with Crippen molar-refractivity contribution in [2.24, 2.45) is 5.92 Å². The Bertz CT molecular complexity index is 1140. The number of likely N-dealkylation sites (tertiary alicyclic amines) is 1. The van der Waals surface area contributed by atoms with Gasteiger partial charge in [0.15, 0.2) is 0 Å². The van der Waals surface area contributed by atoms with Crippen LogP contribution in [0, 0.1) is 12.8 Å². The van der Waals surface area contributed by atoms with Crippen LogP contribution in [0.4, 0.5) is 5.82 Å². The molecular weight excluding hydrogens is 466 g/mol. The molecule has 196 valence electrons. The fraction of sp³-hybridized carbons (Fsp3) is 0.517. The molecule has 2 saturated heterocycles. The molecule has 1 atom stereocenters. The van der Waals surface area contributed by atoms with Crippen molar-refractivity contribution >= 4 is 23.5 Å². The lowest BCUT2D eigenvalue weighted by molar-refractivity contribution is -0.140. The highest BCUT2D eigenvalue weighted by Gasteiger charge is 2.54. The van der Waals surface area contributed by atoms with E-state index in [1.54, 1.807) is 17.2 Å². The van der Waals surface area contributed by atoms with E-state index in [-0.39, 0.29) is 23.6 Å². The summed E-state index contributed by atoms with van der Waals surface area (Å²) < 4.78 is 0. The van der Waals surface area contributed by atoms with Crippen LogP contribution in [0.2, 0.25) is 0 Å². The zero-order valence-corrected chi connectivity index (χ0v) is 21.9. The lowest BCUT2D eigenvalue weighted by Crippen LogP contribution is -2.60. The van der Waals surface area contributed by atoms with Gasteiger partial charge >= 0.3 is 0 Å². The lowest BCUT2D eigenvalue weighted by Gasteiger charge is -2.44. The van der Waals surface area contributed by atoms with E-state index in [1.807, 2.05) is 55.3 Å². The van der Waals surface area contributed by atoms with Gasteiger partial charge in [0.2, 0.25) is 11.8 Å². The van der Waals surface area contributed by atoms with Crippen molar-refractivity contribution in [3.8, 4) is 0 Å². The van der Waals surface area contributed by atoms with Gasteiger partial charge in [-0.1, -0.05) is 43.0 Å². The first-order valence-electron chi connectivity index (χ1n) is 13.5. The third-order valence-corrected chi connectivity index (χ3v) is 8.40. The fourth-order valence-electron chi connectivity index (χ4n) is 6.32. The van der Waals surface area contributed by atoms with Crippen molar-refractivity contribution in [3.05, 3.63) is 59.8 Å². The molecule has 2 aromatic rings. The molecule has 5 rings (SSSR count). The second-order valence-corrected chi connectivity index (χ2v) is 10.8. The summed E-state index contributed by atoms with van der Waals surface area (Å²) in [4.78, 5) is 50.7. The molecule has 3 heterocycles. The van der Waals surface area contributed by atoms with Crippen molar-refractivity contribution < 1.29 is 14.4 Å². The number of piperidine rings is 1. The van der Waals surface area contributed by atoms with Crippen molar-refractivity contribution in [2.45, 2.75) is 63.5 Å². The van der Waals surface area contributed by atoms with Gasteiger partial charge in [-0.25, -0.2) is 4.98 Å². The molecule has 8 heteroatoms. The molecular formula is C29H37N5O3. The number of nitrogens with zero attached hydrogens (tertiary/aromatic N) is 4. The third-order valence-electron chi connectivity index (χ3n) is 8.40. The Labute approximate surface area is 219 Å². The van der Waals surface area contributed by atoms with Gasteiger partial charge in [-0.3, -0.25) is 14.4 Å². The van der Waals surface area contributed by atoms with Crippen LogP contribution in [0.1, 0.15) is 60.9 Å². The van der Waals surface area contributed by atoms with Gasteiger partial charge in [-0.2, -0.15) is 0 Å². The molecule has 3 aliphatic rings. The maximum absolute atomic E-state index is 13.9. The van der Waals surface area contributed by atoms with Crippen molar-refractivity contribution in [3.63, 3.8) is 0 Å². The molecule has 8 nitrogen and oxygen atoms in total. The average Bonchev–Trinajstić information content (AvgIpc) is 3.17. The monoisotopic (exact) mass is 503 g/mol. The lowest BCUT2D eigenvalue weighted by atomic mass is 9.82. The first-order chi connectivity index (χ1) is 17.9. The van der Waals surface area contributed by atoms with Gasteiger partial charge in [0.25, 0.3) is 5.91 Å². The van der Waals surface area contributed by atoms with Gasteiger partial charge in [0.1, 0.15) is 17.4 Å². The first-order valence-corrected chi connectivity index (χ1v) is 13.5. The van der Waals surface area contributed by atoms with Gasteiger partial charge < -0.3 is 20.0 Å². The van der Waals surface area contributed by atoms with E-state index in [4.69, 9.17) is 0 Å². The maximum Gasteiger partial charge on any atom is 0.251 e. The normalized spacial score (nSPS) is 20.8. The molecule has 1 spiro atoms. The Balaban J connectivity index is 1.33. The van der Waals surface area contributed by atoms with E-state index in [9.17, 15) is 14.4 Å². The highest BCUT2D eigenvalue weighted by Crippen LogP contribution is 2.38. The molecule has 0 radical (unpaired) electrons. The zero-order chi connectivity index (χ0) is 26.0. The van der Waals surface area contributed by atoms with E-state index >= 15 is 0 Å². The number of likely N-dealkylation sites (N-methyl/N-ethyl adjacent to an activating group) is 1. The number of benzene rings is 1. The number of carbonyl (C=O) groups is 3. The summed E-state index contributed by atoms with van der Waals surface area (Å²) in [5.41, 5.74) is 0.903. The predicted octanol–water partition coefficient (Wildman–Crippen LogP) is 3.37. The number of aryl methyl sites for hydroxylation is 1. The SMILES string of the molecule is Cc1cccc(C(=O)N[C@@H](C(=O)N2CCC3(CC2)C(=O)N(C)CN3c2ccccn2)C2CCCCC2)c1. The van der Waals surface area contributed by atoms with Crippen molar-refractivity contribution in [1.82, 2.24) is 20.1 Å². The van der Waals surface area contributed by atoms with Crippen molar-refractivity contribution in [1.29, 1.82) is 0 Å². The maximum atomic E-state index is 13.9. The molecule has 1 saturated carbocycles. The van der Waals surface area contributed by atoms with E-state index in [1.165, 1.54) is 6.42 Å². The Morgan fingerprint density at radius 3 is 2.49 bits per heavy atom. The number of rotatable bonds is 5. The topological polar surface area (TPSA) is 85.8 Å². The van der Waals surface area contributed by atoms with E-state index in [0.717, 1.165) is 37.1 Å². The Hall–Kier alpha value is -3.42. The summed E-state index contributed by atoms with van der Waals surface area (Å²) in [5, 5.41) is 3.11. The van der Waals surface area contributed by atoms with Gasteiger partial charge in [-0.15, -0.1) is 0 Å². The molecule has 2 aliphatic heterocycles. The van der Waals surface area contributed by atoms with E-state index < -0.39 is 11.6 Å². The third kappa shape index (κ3) is 4.93. The van der Waals surface area contributed by atoms with Gasteiger partial charge in [-0.05, 0) is 62.8 Å². The number of hydrogen-bond donors (Lipinski definition) is 1. The number of nitrogens with one attached hydrogen (secondary N) is 1. The van der Waals surface area contributed by atoms with Gasteiger partial charge in [0, 0.05) is 31.9 Å². The molecule has 37 heavy (non-hydrogen) atoms. The van der Waals surface area contributed by atoms with Crippen LogP contribution in [0.25, 0.3) is 0 Å². The highest BCUT2D eigenvalue weighted by molar-refractivity contribution is 5.98. The largest absolute Gasteiger partial charge is 0.341 e. The number of amides is 3. The Morgan fingerprint density at radius 1 is 1.05 bits per heavy atom. The predicted molar refractivity (Wildman–Crippen MR) is 142 cm³/mol. The number of hydrogen-bond acceptors (Lipinski definition) is 5. The summed E-state index contributed by atoms with van der Waals surface area (Å²) in [6, 6.07) is 12.7. The van der Waals surface area contributed by atoms with E-state index in [2.05, 4.69) is 15.2 Å². The molecule has 1 aromatic heterocycles. The molecule has 1 aromatic carbocycles. The minimum absolute atomic E-state index is 0.0223. The quantitative estimate of drug-likeness (QED) is 0.676. The summed E-state index contributed by atoms with van der Waals surface area (Å²) >= 11 is 0. The second-order valence-electron chi connectivity index (χ2n) is 10.8. The molecule has 3 amide bonds. The van der Waals surface area contributed by atoms with Crippen LogP contribution >= 0.6 is 0 Å². The average molecular weight is 504 g/mol. The second kappa shape index (κ2) is 10.5. The number of pyridine rings is 1. The van der Waals surface area contributed by atoms with Crippen LogP contribution < -0.4 is 10.2 Å². The fourth-order valence-corrected chi connectivity index (χ4v) is 6.32. The first kappa shape index (κ1) is 25.2. The molecule has 0 bridgehead atoms. The van der Waals surface area contributed by atoms with Crippen LogP contribution in [0.3, 0.4) is 0 Å². The summed E-state index contributed by atoms with van der Waals surface area (Å²) in [6.07, 6.45) is 8.06. The van der Waals surface area contributed by atoms with Gasteiger partial charge in [0.05, 0.1) is 6.67 Å². The summed E-state index contributed by atoms with van der Waals surface area (Å²) in [5.74, 6) is 0.781. The Morgan fingerprint density at radius 2 is 1.81 bits per heavy atom. The number of aromatic nitrogens is 1. The molecule has 1 aliphatic carbocycles. The van der Waals surface area contributed by atoms with E-state index in [0.29, 0.717) is 38.2 Å². The molecule has 0 unspecified atom stereocenters. The van der Waals surface area contributed by atoms with Crippen LogP contribution in [0.15, 0.2) is 48.7 Å². The minimum atomic E-state index is -0.689. The van der Waals surface area contributed by atoms with Crippen molar-refractivity contribution in [2.75, 3.05) is 31.7 Å². The standard InChI is InChI=1S/C29H37N5O3/c1-21-9-8-12-23(19-21)26(35)31-25(22-10-4-3-5-11-22)27(36)33-17-14-29(15-18-33)28(37)32(2)20-34(29)24-13-6-7-16-30-24/h6-9,12-13,16,19,22,25H,3-5,10-11,14-15,17-18,20H2,1-2H3,(H,31,35)/t25-/m1/s1. The Kier molecular flexibility index (Phi) is 7.17. The zero-order valence-electron chi connectivity index (χ0n) is 21.9. The molecule has 1 N–H and O–H groups in total. The minimum Gasteiger partial charge on any atom is -0.341 e.